The van der Waals surface area contributed by atoms with Gasteiger partial charge < -0.3 is 5.32 Å². The molecular weight excluding hydrogens is 210 g/mol. The van der Waals surface area contributed by atoms with Crippen LogP contribution in [0.25, 0.3) is 0 Å². The highest BCUT2D eigenvalue weighted by atomic mass is 16.1. The molecule has 1 rings (SSSR count). The fraction of sp³-hybridized carbons (Fsp3) is 0.467. The fourth-order valence-electron chi connectivity index (χ4n) is 1.72. The van der Waals surface area contributed by atoms with E-state index in [-0.39, 0.29) is 5.91 Å². The Hall–Kier alpha value is -1.31. The predicted octanol–water partition coefficient (Wildman–Crippen LogP) is 3.13. The van der Waals surface area contributed by atoms with E-state index in [0.29, 0.717) is 6.42 Å². The van der Waals surface area contributed by atoms with Crippen molar-refractivity contribution in [2.45, 2.75) is 38.5 Å². The van der Waals surface area contributed by atoms with Crippen LogP contribution < -0.4 is 5.32 Å². The van der Waals surface area contributed by atoms with Crippen LogP contribution >= 0.6 is 0 Å². The maximum Gasteiger partial charge on any atom is 0.220 e. The first kappa shape index (κ1) is 13.8. The number of carbonyl (C=O) groups excluding carboxylic acids is 1. The van der Waals surface area contributed by atoms with Gasteiger partial charge in [0.1, 0.15) is 0 Å². The van der Waals surface area contributed by atoms with Crippen molar-refractivity contribution in [1.82, 2.24) is 5.32 Å². The number of hydrogen-bond donors (Lipinski definition) is 1. The maximum absolute atomic E-state index is 11.5. The summed E-state index contributed by atoms with van der Waals surface area (Å²) in [6, 6.07) is 10.2. The van der Waals surface area contributed by atoms with Gasteiger partial charge in [-0.05, 0) is 18.4 Å². The van der Waals surface area contributed by atoms with E-state index in [0.717, 1.165) is 38.6 Å². The Labute approximate surface area is 104 Å². The van der Waals surface area contributed by atoms with Gasteiger partial charge >= 0.3 is 0 Å². The first-order valence-electron chi connectivity index (χ1n) is 6.43. The monoisotopic (exact) mass is 232 g/mol. The molecule has 0 unspecified atom stereocenters. The Kier molecular flexibility index (Phi) is 7.12. The fourth-order valence-corrected chi connectivity index (χ4v) is 1.72. The number of unbranched alkanes of at least 4 members (excludes halogenated alkanes) is 3. The molecule has 0 aliphatic rings. The van der Waals surface area contributed by atoms with E-state index in [9.17, 15) is 4.79 Å². The zero-order valence-electron chi connectivity index (χ0n) is 10.5. The smallest absolute Gasteiger partial charge is 0.220 e. The van der Waals surface area contributed by atoms with Gasteiger partial charge in [0, 0.05) is 13.0 Å². The second-order valence-electron chi connectivity index (χ2n) is 4.25. The molecule has 0 bridgehead atoms. The van der Waals surface area contributed by atoms with Crippen LogP contribution in [0.4, 0.5) is 0 Å². The molecule has 1 amide bonds. The molecule has 1 radical (unpaired) electrons. The molecule has 1 N–H and O–H groups in total. The van der Waals surface area contributed by atoms with Gasteiger partial charge in [-0.15, -0.1) is 0 Å². The minimum Gasteiger partial charge on any atom is -0.356 e. The van der Waals surface area contributed by atoms with Gasteiger partial charge in [-0.3, -0.25) is 4.79 Å². The predicted molar refractivity (Wildman–Crippen MR) is 71.6 cm³/mol. The minimum absolute atomic E-state index is 0.171. The quantitative estimate of drug-likeness (QED) is 0.685. The number of carbonyl (C=O) groups is 1. The van der Waals surface area contributed by atoms with E-state index in [4.69, 9.17) is 0 Å². The molecule has 0 saturated heterocycles. The summed E-state index contributed by atoms with van der Waals surface area (Å²) in [6.07, 6.45) is 5.73. The van der Waals surface area contributed by atoms with Crippen molar-refractivity contribution >= 4 is 5.91 Å². The van der Waals surface area contributed by atoms with Crippen molar-refractivity contribution in [3.05, 3.63) is 42.8 Å². The van der Waals surface area contributed by atoms with Crippen LogP contribution in [0.2, 0.25) is 0 Å². The Morgan fingerprint density at radius 2 is 1.88 bits per heavy atom. The lowest BCUT2D eigenvalue weighted by atomic mass is 10.1. The number of nitrogens with one attached hydrogen (secondary N) is 1. The van der Waals surface area contributed by atoms with Gasteiger partial charge in [0.05, 0.1) is 0 Å². The van der Waals surface area contributed by atoms with Gasteiger partial charge in [-0.25, -0.2) is 0 Å². The van der Waals surface area contributed by atoms with Crippen molar-refractivity contribution in [2.24, 2.45) is 0 Å². The van der Waals surface area contributed by atoms with Crippen molar-refractivity contribution in [3.63, 3.8) is 0 Å². The second-order valence-corrected chi connectivity index (χ2v) is 4.25. The summed E-state index contributed by atoms with van der Waals surface area (Å²) in [5.41, 5.74) is 1.27. The zero-order chi connectivity index (χ0) is 12.3. The lowest BCUT2D eigenvalue weighted by Crippen LogP contribution is -2.25. The van der Waals surface area contributed by atoms with E-state index in [1.165, 1.54) is 5.56 Å². The number of amides is 1. The van der Waals surface area contributed by atoms with Gasteiger partial charge in [0.15, 0.2) is 0 Å². The summed E-state index contributed by atoms with van der Waals surface area (Å²) in [5.74, 6) is 0.171. The van der Waals surface area contributed by atoms with Gasteiger partial charge in [0.25, 0.3) is 0 Å². The van der Waals surface area contributed by atoms with Crippen LogP contribution in [0, 0.1) is 6.92 Å². The zero-order valence-corrected chi connectivity index (χ0v) is 10.5. The van der Waals surface area contributed by atoms with Crippen molar-refractivity contribution < 1.29 is 4.79 Å². The molecule has 0 heterocycles. The summed E-state index contributed by atoms with van der Waals surface area (Å²) in [5, 5.41) is 2.95. The molecule has 0 saturated carbocycles. The first-order chi connectivity index (χ1) is 8.33. The molecule has 17 heavy (non-hydrogen) atoms. The molecule has 0 aliphatic heterocycles. The number of benzene rings is 1. The highest BCUT2D eigenvalue weighted by molar-refractivity contribution is 5.75. The average Bonchev–Trinajstić information content (AvgIpc) is 2.36. The topological polar surface area (TPSA) is 29.1 Å². The van der Waals surface area contributed by atoms with Gasteiger partial charge in [-0.2, -0.15) is 0 Å². The summed E-state index contributed by atoms with van der Waals surface area (Å²) < 4.78 is 0. The van der Waals surface area contributed by atoms with E-state index in [1.54, 1.807) is 0 Å². The Balaban J connectivity index is 2.04. The minimum atomic E-state index is 0.171. The number of rotatable bonds is 8. The Bertz CT molecular complexity index is 308. The molecule has 0 spiro atoms. The van der Waals surface area contributed by atoms with Crippen LogP contribution in [0.15, 0.2) is 30.3 Å². The van der Waals surface area contributed by atoms with Crippen molar-refractivity contribution in [3.8, 4) is 0 Å². The third-order valence-electron chi connectivity index (χ3n) is 2.73. The van der Waals surface area contributed by atoms with Gasteiger partial charge in [-0.1, -0.05) is 56.5 Å². The molecule has 2 nitrogen and oxygen atoms in total. The molecule has 1 aromatic rings. The first-order valence-corrected chi connectivity index (χ1v) is 6.43. The maximum atomic E-state index is 11.5. The Morgan fingerprint density at radius 1 is 1.12 bits per heavy atom. The van der Waals surface area contributed by atoms with Crippen LogP contribution in [0.1, 0.15) is 37.7 Å². The normalized spacial score (nSPS) is 10.2. The average molecular weight is 232 g/mol. The summed E-state index contributed by atoms with van der Waals surface area (Å²) in [7, 11) is 0. The molecule has 2 heteroatoms. The van der Waals surface area contributed by atoms with Crippen LogP contribution in [0.3, 0.4) is 0 Å². The molecule has 1 aromatic carbocycles. The van der Waals surface area contributed by atoms with Crippen LogP contribution in [0.5, 0.6) is 0 Å². The Morgan fingerprint density at radius 3 is 2.59 bits per heavy atom. The number of hydrogen-bond acceptors (Lipinski definition) is 1. The summed E-state index contributed by atoms with van der Waals surface area (Å²) in [6.45, 7) is 4.52. The van der Waals surface area contributed by atoms with Crippen molar-refractivity contribution in [1.29, 1.82) is 0 Å². The van der Waals surface area contributed by atoms with Gasteiger partial charge in [0.2, 0.25) is 5.91 Å². The molecule has 0 atom stereocenters. The second kappa shape index (κ2) is 8.80. The summed E-state index contributed by atoms with van der Waals surface area (Å²) in [4.78, 5) is 11.5. The van der Waals surface area contributed by atoms with Crippen molar-refractivity contribution in [2.75, 3.05) is 6.54 Å². The molecule has 0 fully saturated rings. The van der Waals surface area contributed by atoms with E-state index in [2.05, 4.69) is 24.4 Å². The third-order valence-corrected chi connectivity index (χ3v) is 2.73. The molecule has 0 aromatic heterocycles. The highest BCUT2D eigenvalue weighted by Gasteiger charge is 2.00. The standard InChI is InChI=1S/C15H22NO/c1-2-3-4-8-11-15(17)16-13-12-14-9-6-5-7-10-14/h5-7,9-10H,1-4,8,11-13H2,(H,16,17). The van der Waals surface area contributed by atoms with E-state index in [1.807, 2.05) is 18.2 Å². The largest absolute Gasteiger partial charge is 0.356 e. The highest BCUT2D eigenvalue weighted by Crippen LogP contribution is 2.02. The third kappa shape index (κ3) is 6.77. The van der Waals surface area contributed by atoms with E-state index >= 15 is 0 Å². The molecule has 93 valence electrons. The lowest BCUT2D eigenvalue weighted by molar-refractivity contribution is -0.121. The SMILES string of the molecule is [CH2]CCCCCC(=O)NCCc1ccccc1. The molecular formula is C15H22NO. The lowest BCUT2D eigenvalue weighted by Gasteiger charge is -2.05. The summed E-state index contributed by atoms with van der Waals surface area (Å²) >= 11 is 0. The molecule has 0 aliphatic carbocycles. The van der Waals surface area contributed by atoms with Crippen LogP contribution in [-0.2, 0) is 11.2 Å². The van der Waals surface area contributed by atoms with Crippen LogP contribution in [-0.4, -0.2) is 12.5 Å². The van der Waals surface area contributed by atoms with E-state index < -0.39 is 0 Å².